The van der Waals surface area contributed by atoms with E-state index in [1.807, 2.05) is 18.2 Å². The highest BCUT2D eigenvalue weighted by Gasteiger charge is 2.31. The van der Waals surface area contributed by atoms with E-state index < -0.39 is 10.0 Å². The lowest BCUT2D eigenvalue weighted by atomic mass is 10.0. The summed E-state index contributed by atoms with van der Waals surface area (Å²) in [5.74, 6) is 0.812. The summed E-state index contributed by atoms with van der Waals surface area (Å²) in [4.78, 5) is 0. The maximum absolute atomic E-state index is 12.6. The van der Waals surface area contributed by atoms with Crippen molar-refractivity contribution in [3.8, 4) is 5.75 Å². The molecule has 2 heterocycles. The van der Waals surface area contributed by atoms with Crippen LogP contribution >= 0.6 is 0 Å². The normalized spacial score (nSPS) is 15.7. The first-order valence-corrected chi connectivity index (χ1v) is 7.97. The number of aromatic nitrogens is 3. The second kappa shape index (κ2) is 5.12. The summed E-state index contributed by atoms with van der Waals surface area (Å²) in [6.07, 6.45) is 1.90. The van der Waals surface area contributed by atoms with E-state index in [4.69, 9.17) is 4.74 Å². The van der Waals surface area contributed by atoms with Gasteiger partial charge in [-0.2, -0.15) is 4.31 Å². The zero-order valence-electron chi connectivity index (χ0n) is 11.9. The van der Waals surface area contributed by atoms with Crippen LogP contribution in [-0.4, -0.2) is 41.4 Å². The molecule has 112 valence electrons. The fourth-order valence-corrected chi connectivity index (χ4v) is 4.05. The van der Waals surface area contributed by atoms with Gasteiger partial charge >= 0.3 is 0 Å². The molecule has 2 aromatic rings. The van der Waals surface area contributed by atoms with Crippen LogP contribution < -0.4 is 4.74 Å². The number of nitrogens with zero attached hydrogens (tertiary/aromatic N) is 4. The number of benzene rings is 1. The van der Waals surface area contributed by atoms with Gasteiger partial charge in [0, 0.05) is 20.1 Å². The van der Waals surface area contributed by atoms with Gasteiger partial charge in [0.15, 0.2) is 5.03 Å². The standard InChI is InChI=1S/C13H16N4O3S/c1-16-13(8-14-15-16)21(18,19)17-7-6-11-10(9-17)4-3-5-12(11)20-2/h3-5,8H,6-7,9H2,1-2H3. The predicted octanol–water partition coefficient (Wildman–Crippen LogP) is 0.571. The molecule has 1 aliphatic rings. The van der Waals surface area contributed by atoms with Crippen LogP contribution in [0.3, 0.4) is 0 Å². The van der Waals surface area contributed by atoms with E-state index in [-0.39, 0.29) is 5.03 Å². The van der Waals surface area contributed by atoms with Gasteiger partial charge in [-0.3, -0.25) is 0 Å². The Hall–Kier alpha value is -1.93. The number of hydrogen-bond acceptors (Lipinski definition) is 5. The maximum Gasteiger partial charge on any atom is 0.262 e. The highest BCUT2D eigenvalue weighted by molar-refractivity contribution is 7.89. The van der Waals surface area contributed by atoms with Crippen LogP contribution in [0.25, 0.3) is 0 Å². The van der Waals surface area contributed by atoms with Crippen LogP contribution in [0.15, 0.2) is 29.4 Å². The molecule has 0 radical (unpaired) electrons. The molecule has 0 aliphatic carbocycles. The van der Waals surface area contributed by atoms with Gasteiger partial charge in [-0.05, 0) is 23.6 Å². The Kier molecular flexibility index (Phi) is 3.42. The molecule has 1 aromatic heterocycles. The van der Waals surface area contributed by atoms with E-state index >= 15 is 0 Å². The first kappa shape index (κ1) is 14.0. The third-order valence-electron chi connectivity index (χ3n) is 3.69. The van der Waals surface area contributed by atoms with Crippen molar-refractivity contribution in [1.82, 2.24) is 19.3 Å². The minimum absolute atomic E-state index is 0.105. The minimum Gasteiger partial charge on any atom is -0.496 e. The third kappa shape index (κ3) is 2.30. The Morgan fingerprint density at radius 3 is 2.81 bits per heavy atom. The monoisotopic (exact) mass is 308 g/mol. The number of rotatable bonds is 3. The fourth-order valence-electron chi connectivity index (χ4n) is 2.59. The van der Waals surface area contributed by atoms with Crippen molar-refractivity contribution < 1.29 is 13.2 Å². The Labute approximate surface area is 123 Å². The largest absolute Gasteiger partial charge is 0.496 e. The van der Waals surface area contributed by atoms with Gasteiger partial charge in [0.2, 0.25) is 0 Å². The molecule has 8 heteroatoms. The molecular formula is C13H16N4O3S. The second-order valence-corrected chi connectivity index (χ2v) is 6.77. The third-order valence-corrected chi connectivity index (χ3v) is 5.57. The molecule has 1 aliphatic heterocycles. The Balaban J connectivity index is 1.95. The molecule has 21 heavy (non-hydrogen) atoms. The van der Waals surface area contributed by atoms with E-state index in [9.17, 15) is 8.42 Å². The summed E-state index contributed by atoms with van der Waals surface area (Å²) >= 11 is 0. The molecular weight excluding hydrogens is 292 g/mol. The average molecular weight is 308 g/mol. The number of aryl methyl sites for hydroxylation is 1. The molecule has 3 rings (SSSR count). The number of fused-ring (bicyclic) bond motifs is 1. The number of ether oxygens (including phenoxy) is 1. The molecule has 0 atom stereocenters. The first-order valence-electron chi connectivity index (χ1n) is 6.53. The zero-order valence-corrected chi connectivity index (χ0v) is 12.7. The SMILES string of the molecule is COc1cccc2c1CCN(S(=O)(=O)c1cnnn1C)C2. The molecule has 0 amide bonds. The van der Waals surface area contributed by atoms with Gasteiger partial charge in [0.05, 0.1) is 13.3 Å². The Bertz CT molecular complexity index is 769. The molecule has 0 fully saturated rings. The summed E-state index contributed by atoms with van der Waals surface area (Å²) in [6, 6.07) is 5.70. The van der Waals surface area contributed by atoms with Gasteiger partial charge in [-0.25, -0.2) is 13.1 Å². The highest BCUT2D eigenvalue weighted by atomic mass is 32.2. The fraction of sp³-hybridized carbons (Fsp3) is 0.385. The molecule has 0 spiro atoms. The number of hydrogen-bond donors (Lipinski definition) is 0. The number of sulfonamides is 1. The second-order valence-electron chi connectivity index (χ2n) is 4.88. The molecule has 0 N–H and O–H groups in total. The van der Waals surface area contributed by atoms with Crippen LogP contribution in [0.2, 0.25) is 0 Å². The van der Waals surface area contributed by atoms with Crippen molar-refractivity contribution in [2.45, 2.75) is 18.0 Å². The van der Waals surface area contributed by atoms with Crippen molar-refractivity contribution >= 4 is 10.0 Å². The van der Waals surface area contributed by atoms with Gasteiger partial charge in [0.25, 0.3) is 10.0 Å². The van der Waals surface area contributed by atoms with Crippen molar-refractivity contribution in [3.05, 3.63) is 35.5 Å². The van der Waals surface area contributed by atoms with Gasteiger partial charge in [-0.15, -0.1) is 5.10 Å². The van der Waals surface area contributed by atoms with Crippen LogP contribution in [-0.2, 0) is 30.0 Å². The van der Waals surface area contributed by atoms with Gasteiger partial charge in [0.1, 0.15) is 5.75 Å². The molecule has 0 saturated carbocycles. The average Bonchev–Trinajstić information content (AvgIpc) is 2.93. The minimum atomic E-state index is -3.58. The Morgan fingerprint density at radius 2 is 2.14 bits per heavy atom. The first-order chi connectivity index (χ1) is 10.0. The molecule has 0 unspecified atom stereocenters. The van der Waals surface area contributed by atoms with E-state index in [0.29, 0.717) is 19.5 Å². The van der Waals surface area contributed by atoms with Crippen molar-refractivity contribution in [3.63, 3.8) is 0 Å². The van der Waals surface area contributed by atoms with E-state index in [2.05, 4.69) is 10.3 Å². The summed E-state index contributed by atoms with van der Waals surface area (Å²) < 4.78 is 33.3. The van der Waals surface area contributed by atoms with Crippen molar-refractivity contribution in [2.75, 3.05) is 13.7 Å². The molecule has 7 nitrogen and oxygen atoms in total. The molecule has 0 bridgehead atoms. The quantitative estimate of drug-likeness (QED) is 0.828. The lowest BCUT2D eigenvalue weighted by molar-refractivity contribution is 0.368. The van der Waals surface area contributed by atoms with Crippen molar-refractivity contribution in [1.29, 1.82) is 0 Å². The molecule has 0 saturated heterocycles. The zero-order chi connectivity index (χ0) is 15.0. The molecule has 1 aromatic carbocycles. The van der Waals surface area contributed by atoms with E-state index in [0.717, 1.165) is 16.9 Å². The van der Waals surface area contributed by atoms with Crippen LogP contribution in [0.4, 0.5) is 0 Å². The van der Waals surface area contributed by atoms with Crippen LogP contribution in [0.5, 0.6) is 5.75 Å². The van der Waals surface area contributed by atoms with Gasteiger partial charge < -0.3 is 4.74 Å². The van der Waals surface area contributed by atoms with E-state index in [1.54, 1.807) is 14.2 Å². The predicted molar refractivity (Wildman–Crippen MR) is 75.3 cm³/mol. The topological polar surface area (TPSA) is 77.3 Å². The number of methoxy groups -OCH3 is 1. The van der Waals surface area contributed by atoms with Crippen LogP contribution in [0.1, 0.15) is 11.1 Å². The Morgan fingerprint density at radius 1 is 1.33 bits per heavy atom. The lowest BCUT2D eigenvalue weighted by Gasteiger charge is -2.28. The highest BCUT2D eigenvalue weighted by Crippen LogP contribution is 2.30. The summed E-state index contributed by atoms with van der Waals surface area (Å²) in [5.41, 5.74) is 2.05. The van der Waals surface area contributed by atoms with Crippen molar-refractivity contribution in [2.24, 2.45) is 7.05 Å². The van der Waals surface area contributed by atoms with E-state index in [1.165, 1.54) is 15.2 Å². The van der Waals surface area contributed by atoms with Crippen LogP contribution in [0, 0.1) is 0 Å². The smallest absolute Gasteiger partial charge is 0.262 e. The lowest BCUT2D eigenvalue weighted by Crippen LogP contribution is -2.37. The summed E-state index contributed by atoms with van der Waals surface area (Å²) in [6.45, 7) is 0.751. The maximum atomic E-state index is 12.6. The summed E-state index contributed by atoms with van der Waals surface area (Å²) in [7, 11) is -0.386. The van der Waals surface area contributed by atoms with Gasteiger partial charge in [-0.1, -0.05) is 17.3 Å². The summed E-state index contributed by atoms with van der Waals surface area (Å²) in [5, 5.41) is 7.44.